The van der Waals surface area contributed by atoms with Gasteiger partial charge in [-0.1, -0.05) is 25.1 Å². The lowest BCUT2D eigenvalue weighted by molar-refractivity contribution is -0.158. The minimum Gasteiger partial charge on any atom is -0.452 e. The number of nitrogens with zero attached hydrogens (tertiary/aromatic N) is 1. The number of carbonyl (C=O) groups excluding carboxylic acids is 2. The molecule has 0 radical (unpaired) electrons. The van der Waals surface area contributed by atoms with Crippen LogP contribution in [0.25, 0.3) is 0 Å². The second kappa shape index (κ2) is 10.3. The van der Waals surface area contributed by atoms with Crippen molar-refractivity contribution in [1.82, 2.24) is 4.31 Å². The number of nitrogens with one attached hydrogen (secondary N) is 1. The quantitative estimate of drug-likeness (QED) is 0.605. The highest BCUT2D eigenvalue weighted by molar-refractivity contribution is 7.89. The maximum Gasteiger partial charge on any atom is 0.309 e. The molecule has 7 nitrogen and oxygen atoms in total. The Morgan fingerprint density at radius 3 is 2.41 bits per heavy atom. The molecule has 1 fully saturated rings. The molecule has 8 heteroatoms. The predicted molar refractivity (Wildman–Crippen MR) is 130 cm³/mol. The van der Waals surface area contributed by atoms with Crippen LogP contribution in [-0.2, 0) is 43.6 Å². The van der Waals surface area contributed by atoms with Gasteiger partial charge in [-0.25, -0.2) is 8.42 Å². The van der Waals surface area contributed by atoms with Gasteiger partial charge >= 0.3 is 5.97 Å². The number of anilines is 1. The molecule has 0 spiro atoms. The van der Waals surface area contributed by atoms with E-state index in [0.29, 0.717) is 23.4 Å². The number of piperidine rings is 1. The van der Waals surface area contributed by atoms with Gasteiger partial charge in [0, 0.05) is 18.8 Å². The van der Waals surface area contributed by atoms with Gasteiger partial charge in [-0.05, 0) is 86.4 Å². The van der Waals surface area contributed by atoms with E-state index in [1.165, 1.54) is 15.4 Å². The SMILES string of the molecule is CCc1ccc(NC(=O)C(C)OC(=O)C2CCN(S(=O)(=O)c3ccc4c(c3)CCC4)CC2)cc1. The zero-order valence-corrected chi connectivity index (χ0v) is 20.6. The van der Waals surface area contributed by atoms with Crippen LogP contribution in [0.1, 0.15) is 49.8 Å². The molecule has 1 aliphatic heterocycles. The predicted octanol–water partition coefficient (Wildman–Crippen LogP) is 3.71. The summed E-state index contributed by atoms with van der Waals surface area (Å²) in [5, 5.41) is 2.76. The second-order valence-electron chi connectivity index (χ2n) is 9.08. The van der Waals surface area contributed by atoms with E-state index in [1.807, 2.05) is 30.3 Å². The van der Waals surface area contributed by atoms with Crippen LogP contribution in [0.4, 0.5) is 5.69 Å². The first-order chi connectivity index (χ1) is 16.3. The third kappa shape index (κ3) is 5.33. The molecule has 2 aromatic carbocycles. The normalized spacial score (nSPS) is 17.7. The average Bonchev–Trinajstić information content (AvgIpc) is 3.32. The summed E-state index contributed by atoms with van der Waals surface area (Å²) < 4.78 is 33.1. The molecular weight excluding hydrogens is 452 g/mol. The van der Waals surface area contributed by atoms with Crippen LogP contribution in [0, 0.1) is 5.92 Å². The summed E-state index contributed by atoms with van der Waals surface area (Å²) in [6.07, 6.45) is 3.70. The second-order valence-corrected chi connectivity index (χ2v) is 11.0. The summed E-state index contributed by atoms with van der Waals surface area (Å²) in [6, 6.07) is 12.9. The van der Waals surface area contributed by atoms with Gasteiger partial charge in [-0.2, -0.15) is 4.31 Å². The number of hydrogen-bond acceptors (Lipinski definition) is 5. The first-order valence-corrected chi connectivity index (χ1v) is 13.4. The van der Waals surface area contributed by atoms with E-state index in [1.54, 1.807) is 19.1 Å². The number of carbonyl (C=O) groups is 2. The van der Waals surface area contributed by atoms with Crippen molar-refractivity contribution in [2.75, 3.05) is 18.4 Å². The third-order valence-electron chi connectivity index (χ3n) is 6.79. The number of rotatable bonds is 7. The monoisotopic (exact) mass is 484 g/mol. The minimum atomic E-state index is -3.59. The molecule has 1 aliphatic carbocycles. The standard InChI is InChI=1S/C26H32N2O5S/c1-3-19-7-10-23(11-8-19)27-25(29)18(2)33-26(30)21-13-15-28(16-14-21)34(31,32)24-12-9-20-5-4-6-22(20)17-24/h7-12,17-18,21H,3-6,13-16H2,1-2H3,(H,27,29). The highest BCUT2D eigenvalue weighted by Gasteiger charge is 2.34. The molecule has 1 heterocycles. The number of aryl methyl sites for hydroxylation is 3. The summed E-state index contributed by atoms with van der Waals surface area (Å²) in [5.74, 6) is -1.28. The molecule has 1 amide bonds. The van der Waals surface area contributed by atoms with Crippen molar-refractivity contribution in [1.29, 1.82) is 0 Å². The molecule has 0 saturated carbocycles. The van der Waals surface area contributed by atoms with Gasteiger partial charge in [0.1, 0.15) is 0 Å². The smallest absolute Gasteiger partial charge is 0.309 e. The van der Waals surface area contributed by atoms with Crippen molar-refractivity contribution in [2.24, 2.45) is 5.92 Å². The molecule has 1 N–H and O–H groups in total. The Labute approximate surface area is 201 Å². The van der Waals surface area contributed by atoms with Crippen molar-refractivity contribution < 1.29 is 22.7 Å². The van der Waals surface area contributed by atoms with Gasteiger partial charge in [-0.3, -0.25) is 9.59 Å². The molecule has 0 bridgehead atoms. The molecule has 34 heavy (non-hydrogen) atoms. The van der Waals surface area contributed by atoms with Crippen LogP contribution in [0.2, 0.25) is 0 Å². The Kier molecular flexibility index (Phi) is 7.38. The van der Waals surface area contributed by atoms with Crippen LogP contribution in [0.15, 0.2) is 47.4 Å². The van der Waals surface area contributed by atoms with E-state index in [-0.39, 0.29) is 13.1 Å². The van der Waals surface area contributed by atoms with Crippen molar-refractivity contribution in [3.63, 3.8) is 0 Å². The third-order valence-corrected chi connectivity index (χ3v) is 8.68. The lowest BCUT2D eigenvalue weighted by Gasteiger charge is -2.30. The van der Waals surface area contributed by atoms with E-state index in [2.05, 4.69) is 12.2 Å². The van der Waals surface area contributed by atoms with E-state index in [4.69, 9.17) is 4.74 Å². The van der Waals surface area contributed by atoms with Gasteiger partial charge in [0.15, 0.2) is 6.10 Å². The molecule has 0 aromatic heterocycles. The van der Waals surface area contributed by atoms with E-state index in [9.17, 15) is 18.0 Å². The summed E-state index contributed by atoms with van der Waals surface area (Å²) in [4.78, 5) is 25.4. The lowest BCUT2D eigenvalue weighted by atomic mass is 9.98. The highest BCUT2D eigenvalue weighted by atomic mass is 32.2. The molecule has 1 unspecified atom stereocenters. The van der Waals surface area contributed by atoms with Gasteiger partial charge in [0.2, 0.25) is 10.0 Å². The molecule has 2 aromatic rings. The molecule has 182 valence electrons. The van der Waals surface area contributed by atoms with E-state index < -0.39 is 33.9 Å². The van der Waals surface area contributed by atoms with E-state index >= 15 is 0 Å². The Morgan fingerprint density at radius 2 is 1.74 bits per heavy atom. The van der Waals surface area contributed by atoms with Crippen LogP contribution in [0.3, 0.4) is 0 Å². The van der Waals surface area contributed by atoms with Crippen molar-refractivity contribution in [3.8, 4) is 0 Å². The molecule has 1 saturated heterocycles. The minimum absolute atomic E-state index is 0.254. The fourth-order valence-electron chi connectivity index (χ4n) is 4.58. The topological polar surface area (TPSA) is 92.8 Å². The van der Waals surface area contributed by atoms with Crippen LogP contribution in [0.5, 0.6) is 0 Å². The summed E-state index contributed by atoms with van der Waals surface area (Å²) in [5.41, 5.74) is 4.17. The van der Waals surface area contributed by atoms with Crippen LogP contribution in [-0.4, -0.2) is 43.8 Å². The van der Waals surface area contributed by atoms with Gasteiger partial charge in [0.05, 0.1) is 10.8 Å². The Morgan fingerprint density at radius 1 is 1.06 bits per heavy atom. The maximum absolute atomic E-state index is 13.1. The molecule has 2 aliphatic rings. The molecule has 1 atom stereocenters. The van der Waals surface area contributed by atoms with E-state index in [0.717, 1.165) is 31.2 Å². The highest BCUT2D eigenvalue weighted by Crippen LogP contribution is 2.29. The fourth-order valence-corrected chi connectivity index (χ4v) is 6.10. The van der Waals surface area contributed by atoms with Gasteiger partial charge in [-0.15, -0.1) is 0 Å². The van der Waals surface area contributed by atoms with Gasteiger partial charge in [0.25, 0.3) is 5.91 Å². The number of benzene rings is 2. The van der Waals surface area contributed by atoms with Gasteiger partial charge < -0.3 is 10.1 Å². The zero-order chi connectivity index (χ0) is 24.3. The number of esters is 1. The Balaban J connectivity index is 1.29. The maximum atomic E-state index is 13.1. The molecular formula is C26H32N2O5S. The zero-order valence-electron chi connectivity index (χ0n) is 19.7. The number of fused-ring (bicyclic) bond motifs is 1. The van der Waals surface area contributed by atoms with Crippen LogP contribution >= 0.6 is 0 Å². The number of ether oxygens (including phenoxy) is 1. The Bertz CT molecular complexity index is 1150. The first kappa shape index (κ1) is 24.4. The summed E-state index contributed by atoms with van der Waals surface area (Å²) in [6.45, 7) is 4.11. The van der Waals surface area contributed by atoms with Crippen molar-refractivity contribution in [2.45, 2.75) is 63.4 Å². The van der Waals surface area contributed by atoms with Crippen molar-refractivity contribution >= 4 is 27.6 Å². The number of amides is 1. The van der Waals surface area contributed by atoms with Crippen LogP contribution < -0.4 is 5.32 Å². The summed E-state index contributed by atoms with van der Waals surface area (Å²) in [7, 11) is -3.59. The molecule has 4 rings (SSSR count). The average molecular weight is 485 g/mol. The first-order valence-electron chi connectivity index (χ1n) is 12.0. The summed E-state index contributed by atoms with van der Waals surface area (Å²) >= 11 is 0. The Hall–Kier alpha value is -2.71. The lowest BCUT2D eigenvalue weighted by Crippen LogP contribution is -2.41. The fraction of sp³-hybridized carbons (Fsp3) is 0.462. The number of sulfonamides is 1. The number of hydrogen-bond donors (Lipinski definition) is 1. The largest absolute Gasteiger partial charge is 0.452 e. The van der Waals surface area contributed by atoms with Crippen molar-refractivity contribution in [3.05, 3.63) is 59.2 Å².